The maximum Gasteiger partial charge on any atom is 0.147 e. The van der Waals surface area contributed by atoms with Crippen LogP contribution < -0.4 is 5.32 Å². The molecule has 0 aromatic carbocycles. The lowest BCUT2D eigenvalue weighted by Crippen LogP contribution is -2.30. The number of aromatic nitrogens is 3. The number of hydrogen-bond acceptors (Lipinski definition) is 4. The van der Waals surface area contributed by atoms with E-state index in [-0.39, 0.29) is 5.41 Å². The van der Waals surface area contributed by atoms with Gasteiger partial charge in [-0.2, -0.15) is 5.26 Å². The van der Waals surface area contributed by atoms with Crippen molar-refractivity contribution in [2.75, 3.05) is 6.54 Å². The first kappa shape index (κ1) is 14.7. The first-order valence-corrected chi connectivity index (χ1v) is 6.42. The summed E-state index contributed by atoms with van der Waals surface area (Å²) in [7, 11) is 0. The summed E-state index contributed by atoms with van der Waals surface area (Å²) >= 11 is 0. The summed E-state index contributed by atoms with van der Waals surface area (Å²) in [5.74, 6) is 0.959. The van der Waals surface area contributed by atoms with Crippen LogP contribution in [0.4, 0.5) is 0 Å². The Morgan fingerprint density at radius 1 is 1.50 bits per heavy atom. The first-order chi connectivity index (χ1) is 8.46. The van der Waals surface area contributed by atoms with Crippen LogP contribution in [0.25, 0.3) is 0 Å². The minimum Gasteiger partial charge on any atom is -0.314 e. The molecule has 0 saturated carbocycles. The second-order valence-corrected chi connectivity index (χ2v) is 5.67. The zero-order valence-corrected chi connectivity index (χ0v) is 11.8. The fraction of sp³-hybridized carbons (Fsp3) is 0.769. The number of hydrogen-bond donors (Lipinski definition) is 1. The van der Waals surface area contributed by atoms with Crippen LogP contribution in [0.3, 0.4) is 0 Å². The maximum absolute atomic E-state index is 8.61. The molecule has 1 aromatic heterocycles. The molecule has 1 aromatic rings. The SMILES string of the molecule is CC(C)n1cnnc1CNCC(C)(C)CCC#N. The van der Waals surface area contributed by atoms with E-state index < -0.39 is 0 Å². The van der Waals surface area contributed by atoms with Crippen LogP contribution >= 0.6 is 0 Å². The van der Waals surface area contributed by atoms with Gasteiger partial charge in [-0.15, -0.1) is 10.2 Å². The molecule has 0 unspecified atom stereocenters. The summed E-state index contributed by atoms with van der Waals surface area (Å²) in [6.07, 6.45) is 3.28. The van der Waals surface area contributed by atoms with Crippen molar-refractivity contribution in [2.24, 2.45) is 5.41 Å². The monoisotopic (exact) mass is 249 g/mol. The summed E-state index contributed by atoms with van der Waals surface area (Å²) in [6.45, 7) is 10.2. The summed E-state index contributed by atoms with van der Waals surface area (Å²) in [6, 6.07) is 2.58. The Hall–Kier alpha value is -1.41. The van der Waals surface area contributed by atoms with Crippen molar-refractivity contribution in [3.8, 4) is 6.07 Å². The third-order valence-corrected chi connectivity index (χ3v) is 3.00. The third-order valence-electron chi connectivity index (χ3n) is 3.00. The van der Waals surface area contributed by atoms with Crippen LogP contribution in [0.15, 0.2) is 6.33 Å². The molecule has 5 heteroatoms. The smallest absolute Gasteiger partial charge is 0.147 e. The molecule has 0 atom stereocenters. The van der Waals surface area contributed by atoms with E-state index >= 15 is 0 Å². The first-order valence-electron chi connectivity index (χ1n) is 6.42. The van der Waals surface area contributed by atoms with Crippen LogP contribution in [0, 0.1) is 16.7 Å². The minimum atomic E-state index is 0.137. The van der Waals surface area contributed by atoms with E-state index in [0.29, 0.717) is 19.0 Å². The molecule has 5 nitrogen and oxygen atoms in total. The normalized spacial score (nSPS) is 11.8. The second-order valence-electron chi connectivity index (χ2n) is 5.67. The highest BCUT2D eigenvalue weighted by Gasteiger charge is 2.17. The molecule has 1 rings (SSSR count). The lowest BCUT2D eigenvalue weighted by molar-refractivity contribution is 0.314. The molecule has 1 N–H and O–H groups in total. The Morgan fingerprint density at radius 3 is 2.83 bits per heavy atom. The highest BCUT2D eigenvalue weighted by molar-refractivity contribution is 4.88. The van der Waals surface area contributed by atoms with Gasteiger partial charge in [-0.05, 0) is 25.7 Å². The van der Waals surface area contributed by atoms with Crippen LogP contribution in [0.1, 0.15) is 52.4 Å². The average Bonchev–Trinajstić information content (AvgIpc) is 2.74. The zero-order chi connectivity index (χ0) is 13.6. The van der Waals surface area contributed by atoms with Gasteiger partial charge < -0.3 is 9.88 Å². The minimum absolute atomic E-state index is 0.137. The predicted molar refractivity (Wildman–Crippen MR) is 70.7 cm³/mol. The molecule has 0 aliphatic carbocycles. The van der Waals surface area contributed by atoms with E-state index in [9.17, 15) is 0 Å². The molecule has 0 spiro atoms. The van der Waals surface area contributed by atoms with Gasteiger partial charge in [0.1, 0.15) is 12.2 Å². The van der Waals surface area contributed by atoms with Crippen LogP contribution in [0.5, 0.6) is 0 Å². The fourth-order valence-corrected chi connectivity index (χ4v) is 1.82. The van der Waals surface area contributed by atoms with Gasteiger partial charge in [0, 0.05) is 19.0 Å². The van der Waals surface area contributed by atoms with E-state index in [1.54, 1.807) is 6.33 Å². The van der Waals surface area contributed by atoms with Gasteiger partial charge in [-0.3, -0.25) is 0 Å². The summed E-state index contributed by atoms with van der Waals surface area (Å²) in [5.41, 5.74) is 0.137. The van der Waals surface area contributed by atoms with Gasteiger partial charge in [0.2, 0.25) is 0 Å². The topological polar surface area (TPSA) is 66.5 Å². The standard InChI is InChI=1S/C13H23N5/c1-11(2)18-10-16-17-12(18)8-15-9-13(3,4)6-5-7-14/h10-11,15H,5-6,8-9H2,1-4H3. The van der Waals surface area contributed by atoms with Crippen LogP contribution in [-0.2, 0) is 6.54 Å². The van der Waals surface area contributed by atoms with Crippen molar-refractivity contribution >= 4 is 0 Å². The van der Waals surface area contributed by atoms with Crippen molar-refractivity contribution in [1.29, 1.82) is 5.26 Å². The second kappa shape index (κ2) is 6.50. The number of nitrogens with zero attached hydrogens (tertiary/aromatic N) is 4. The molecule has 100 valence electrons. The van der Waals surface area contributed by atoms with E-state index in [2.05, 4.69) is 53.8 Å². The molecule has 0 aliphatic heterocycles. The van der Waals surface area contributed by atoms with Gasteiger partial charge in [-0.25, -0.2) is 0 Å². The molecule has 1 heterocycles. The molecule has 0 bridgehead atoms. The van der Waals surface area contributed by atoms with Gasteiger partial charge in [0.05, 0.1) is 12.6 Å². The van der Waals surface area contributed by atoms with Crippen molar-refractivity contribution in [2.45, 2.75) is 53.1 Å². The lowest BCUT2D eigenvalue weighted by Gasteiger charge is -2.23. The number of rotatable bonds is 7. The maximum atomic E-state index is 8.61. The average molecular weight is 249 g/mol. The third kappa shape index (κ3) is 4.46. The molecule has 0 aliphatic rings. The Labute approximate surface area is 109 Å². The molecule has 0 amide bonds. The lowest BCUT2D eigenvalue weighted by atomic mass is 9.88. The number of nitriles is 1. The molecule has 0 radical (unpaired) electrons. The largest absolute Gasteiger partial charge is 0.314 e. The summed E-state index contributed by atoms with van der Waals surface area (Å²) in [4.78, 5) is 0. The van der Waals surface area contributed by atoms with Crippen molar-refractivity contribution in [3.63, 3.8) is 0 Å². The number of nitrogens with one attached hydrogen (secondary N) is 1. The predicted octanol–water partition coefficient (Wildman–Crippen LogP) is 2.28. The highest BCUT2D eigenvalue weighted by atomic mass is 15.3. The molecular weight excluding hydrogens is 226 g/mol. The van der Waals surface area contributed by atoms with E-state index in [1.165, 1.54) is 0 Å². The van der Waals surface area contributed by atoms with Crippen molar-refractivity contribution in [3.05, 3.63) is 12.2 Å². The summed E-state index contributed by atoms with van der Waals surface area (Å²) in [5, 5.41) is 20.1. The highest BCUT2D eigenvalue weighted by Crippen LogP contribution is 2.20. The Kier molecular flexibility index (Phi) is 5.29. The van der Waals surface area contributed by atoms with Gasteiger partial charge in [-0.1, -0.05) is 13.8 Å². The van der Waals surface area contributed by atoms with Crippen LogP contribution in [-0.4, -0.2) is 21.3 Å². The van der Waals surface area contributed by atoms with Crippen molar-refractivity contribution in [1.82, 2.24) is 20.1 Å². The Balaban J connectivity index is 2.42. The van der Waals surface area contributed by atoms with Gasteiger partial charge in [0.25, 0.3) is 0 Å². The molecule has 0 fully saturated rings. The Morgan fingerprint density at radius 2 is 2.22 bits per heavy atom. The molecule has 18 heavy (non-hydrogen) atoms. The quantitative estimate of drug-likeness (QED) is 0.805. The Bertz CT molecular complexity index is 400. The fourth-order valence-electron chi connectivity index (χ4n) is 1.82. The van der Waals surface area contributed by atoms with Gasteiger partial charge >= 0.3 is 0 Å². The van der Waals surface area contributed by atoms with Crippen molar-refractivity contribution < 1.29 is 0 Å². The van der Waals surface area contributed by atoms with E-state index in [4.69, 9.17) is 5.26 Å². The zero-order valence-electron chi connectivity index (χ0n) is 11.8. The molecular formula is C13H23N5. The molecule has 0 saturated heterocycles. The summed E-state index contributed by atoms with van der Waals surface area (Å²) < 4.78 is 2.06. The van der Waals surface area contributed by atoms with Crippen LogP contribution in [0.2, 0.25) is 0 Å². The van der Waals surface area contributed by atoms with Gasteiger partial charge in [0.15, 0.2) is 0 Å². The van der Waals surface area contributed by atoms with E-state index in [1.807, 2.05) is 0 Å². The van der Waals surface area contributed by atoms with E-state index in [0.717, 1.165) is 18.8 Å².